The maximum atomic E-state index is 12.9. The van der Waals surface area contributed by atoms with Crippen molar-refractivity contribution < 1.29 is 44.4 Å². The molecule has 0 aromatic heterocycles. The van der Waals surface area contributed by atoms with E-state index in [1.807, 2.05) is 5.32 Å². The number of amides is 4. The summed E-state index contributed by atoms with van der Waals surface area (Å²) in [7, 11) is 0. The highest BCUT2D eigenvalue weighted by molar-refractivity contribution is 5.94. The second-order valence-corrected chi connectivity index (χ2v) is 7.85. The van der Waals surface area contributed by atoms with Crippen LogP contribution in [0.2, 0.25) is 0 Å². The lowest BCUT2D eigenvalue weighted by Crippen LogP contribution is -2.59. The van der Waals surface area contributed by atoms with E-state index >= 15 is 0 Å². The SMILES string of the molecule is CC(O)C(NC(=O)C(CO)NC(=O)C(Cc1ccc(O)cc1)NC(=O)C(N)CCC(N)=O)C(=O)O. The van der Waals surface area contributed by atoms with E-state index in [1.165, 1.54) is 24.3 Å². The maximum absolute atomic E-state index is 12.9. The average Bonchev–Trinajstić information content (AvgIpc) is 2.79. The second-order valence-electron chi connectivity index (χ2n) is 7.85. The summed E-state index contributed by atoms with van der Waals surface area (Å²) >= 11 is 0. The maximum Gasteiger partial charge on any atom is 0.328 e. The van der Waals surface area contributed by atoms with Crippen molar-refractivity contribution in [2.75, 3.05) is 6.61 Å². The first-order valence-electron chi connectivity index (χ1n) is 10.6. The van der Waals surface area contributed by atoms with Gasteiger partial charge in [0.25, 0.3) is 0 Å². The third-order valence-electron chi connectivity index (χ3n) is 4.91. The standard InChI is InChI=1S/C21H31N5O9/c1-10(28)17(21(34)35)26-20(33)15(9-27)25-19(32)14(8-11-2-4-12(29)5-3-11)24-18(31)13(22)6-7-16(23)30/h2-5,10,13-15,17,27-29H,6-9,22H2,1H3,(H2,23,30)(H,24,31)(H,25,32)(H,26,33)(H,34,35). The van der Waals surface area contributed by atoms with Crippen molar-refractivity contribution in [2.45, 2.75) is 56.5 Å². The monoisotopic (exact) mass is 497 g/mol. The summed E-state index contributed by atoms with van der Waals surface area (Å²) in [4.78, 5) is 59.9. The molecule has 35 heavy (non-hydrogen) atoms. The van der Waals surface area contributed by atoms with Crippen molar-refractivity contribution in [1.29, 1.82) is 0 Å². The minimum atomic E-state index is -1.69. The highest BCUT2D eigenvalue weighted by Crippen LogP contribution is 2.12. The Balaban J connectivity index is 3.02. The Hall–Kier alpha value is -3.75. The van der Waals surface area contributed by atoms with Crippen LogP contribution in [0.25, 0.3) is 0 Å². The zero-order chi connectivity index (χ0) is 26.7. The van der Waals surface area contributed by atoms with Gasteiger partial charge in [0.05, 0.1) is 18.8 Å². The molecule has 0 saturated heterocycles. The van der Waals surface area contributed by atoms with E-state index < -0.39 is 66.5 Å². The smallest absolute Gasteiger partial charge is 0.328 e. The summed E-state index contributed by atoms with van der Waals surface area (Å²) in [6, 6.07) is -0.0726. The van der Waals surface area contributed by atoms with Gasteiger partial charge in [0, 0.05) is 12.8 Å². The van der Waals surface area contributed by atoms with Gasteiger partial charge in [-0.2, -0.15) is 0 Å². The molecule has 194 valence electrons. The lowest BCUT2D eigenvalue weighted by atomic mass is 10.0. The van der Waals surface area contributed by atoms with Gasteiger partial charge >= 0.3 is 5.97 Å². The molecular formula is C21H31N5O9. The van der Waals surface area contributed by atoms with E-state index in [4.69, 9.17) is 16.6 Å². The van der Waals surface area contributed by atoms with E-state index in [0.717, 1.165) is 6.92 Å². The molecule has 1 aromatic rings. The number of carboxylic acid groups (broad SMARTS) is 1. The zero-order valence-corrected chi connectivity index (χ0v) is 19.0. The van der Waals surface area contributed by atoms with E-state index in [0.29, 0.717) is 5.56 Å². The van der Waals surface area contributed by atoms with Gasteiger partial charge in [0.2, 0.25) is 23.6 Å². The van der Waals surface area contributed by atoms with Crippen LogP contribution in [-0.4, -0.2) is 86.9 Å². The summed E-state index contributed by atoms with van der Waals surface area (Å²) in [5.74, 6) is -5.00. The quantitative estimate of drug-likeness (QED) is 0.122. The van der Waals surface area contributed by atoms with Crippen LogP contribution < -0.4 is 27.4 Å². The van der Waals surface area contributed by atoms with Gasteiger partial charge in [-0.3, -0.25) is 19.2 Å². The Bertz CT molecular complexity index is 907. The molecule has 0 heterocycles. The van der Waals surface area contributed by atoms with E-state index in [1.54, 1.807) is 0 Å². The first-order valence-corrected chi connectivity index (χ1v) is 10.6. The molecule has 14 heteroatoms. The van der Waals surface area contributed by atoms with Crippen LogP contribution in [0, 0.1) is 0 Å². The number of phenols is 1. The number of hydrogen-bond donors (Lipinski definition) is 9. The van der Waals surface area contributed by atoms with Gasteiger partial charge in [0.1, 0.15) is 17.8 Å². The molecule has 5 atom stereocenters. The minimum Gasteiger partial charge on any atom is -0.508 e. The Kier molecular flexibility index (Phi) is 11.6. The number of hydrogen-bond acceptors (Lipinski definition) is 9. The molecule has 5 unspecified atom stereocenters. The molecule has 0 radical (unpaired) electrons. The zero-order valence-electron chi connectivity index (χ0n) is 19.0. The molecule has 0 fully saturated rings. The highest BCUT2D eigenvalue weighted by Gasteiger charge is 2.31. The third-order valence-corrected chi connectivity index (χ3v) is 4.91. The normalized spacial score (nSPS) is 15.1. The van der Waals surface area contributed by atoms with Crippen LogP contribution in [0.3, 0.4) is 0 Å². The van der Waals surface area contributed by atoms with Crippen LogP contribution in [0.5, 0.6) is 5.75 Å². The van der Waals surface area contributed by atoms with E-state index in [9.17, 15) is 39.3 Å². The van der Waals surface area contributed by atoms with Crippen LogP contribution in [0.1, 0.15) is 25.3 Å². The largest absolute Gasteiger partial charge is 0.508 e. The second kappa shape index (κ2) is 13.8. The van der Waals surface area contributed by atoms with Crippen molar-refractivity contribution in [1.82, 2.24) is 16.0 Å². The van der Waals surface area contributed by atoms with Crippen molar-refractivity contribution in [3.8, 4) is 5.75 Å². The Morgan fingerprint density at radius 3 is 1.97 bits per heavy atom. The summed E-state index contributed by atoms with van der Waals surface area (Å²) in [6.07, 6.45) is -1.81. The molecule has 0 aliphatic carbocycles. The summed E-state index contributed by atoms with van der Waals surface area (Å²) in [5.41, 5.74) is 11.3. The summed E-state index contributed by atoms with van der Waals surface area (Å²) in [6.45, 7) is 0.220. The number of rotatable bonds is 14. The minimum absolute atomic E-state index is 0.0321. The van der Waals surface area contributed by atoms with Crippen LogP contribution in [0.4, 0.5) is 0 Å². The fourth-order valence-corrected chi connectivity index (χ4v) is 2.89. The van der Waals surface area contributed by atoms with Gasteiger partial charge < -0.3 is 47.8 Å². The molecule has 1 rings (SSSR count). The molecule has 0 spiro atoms. The lowest BCUT2D eigenvalue weighted by molar-refractivity contribution is -0.145. The number of carboxylic acids is 1. The molecule has 0 saturated carbocycles. The Morgan fingerprint density at radius 2 is 1.49 bits per heavy atom. The number of phenolic OH excluding ortho intramolecular Hbond substituents is 1. The van der Waals surface area contributed by atoms with Crippen LogP contribution in [-0.2, 0) is 30.4 Å². The Morgan fingerprint density at radius 1 is 0.943 bits per heavy atom. The van der Waals surface area contributed by atoms with E-state index in [-0.39, 0.29) is 25.0 Å². The van der Waals surface area contributed by atoms with Crippen LogP contribution >= 0.6 is 0 Å². The molecule has 0 aliphatic rings. The molecule has 0 aliphatic heterocycles. The predicted octanol–water partition coefficient (Wildman–Crippen LogP) is -3.56. The van der Waals surface area contributed by atoms with Gasteiger partial charge in [-0.25, -0.2) is 4.79 Å². The molecule has 14 nitrogen and oxygen atoms in total. The highest BCUT2D eigenvalue weighted by atomic mass is 16.4. The van der Waals surface area contributed by atoms with Gasteiger partial charge in [0.15, 0.2) is 6.04 Å². The van der Waals surface area contributed by atoms with Crippen molar-refractivity contribution in [2.24, 2.45) is 11.5 Å². The molecular weight excluding hydrogens is 466 g/mol. The van der Waals surface area contributed by atoms with Crippen molar-refractivity contribution in [3.05, 3.63) is 29.8 Å². The molecule has 1 aromatic carbocycles. The van der Waals surface area contributed by atoms with Gasteiger partial charge in [-0.1, -0.05) is 12.1 Å². The third kappa shape index (κ3) is 9.95. The Labute approximate surface area is 200 Å². The summed E-state index contributed by atoms with van der Waals surface area (Å²) in [5, 5.41) is 44.3. The molecule has 0 bridgehead atoms. The summed E-state index contributed by atoms with van der Waals surface area (Å²) < 4.78 is 0. The lowest BCUT2D eigenvalue weighted by Gasteiger charge is -2.25. The first-order chi connectivity index (χ1) is 16.3. The molecule has 11 N–H and O–H groups in total. The number of aliphatic hydroxyl groups excluding tert-OH is 2. The number of aliphatic hydroxyl groups is 2. The fourth-order valence-electron chi connectivity index (χ4n) is 2.89. The first kappa shape index (κ1) is 29.3. The predicted molar refractivity (Wildman–Crippen MR) is 120 cm³/mol. The number of primary amides is 1. The number of carbonyl (C=O) groups excluding carboxylic acids is 4. The number of benzene rings is 1. The fraction of sp³-hybridized carbons (Fsp3) is 0.476. The average molecular weight is 498 g/mol. The molecule has 4 amide bonds. The number of aliphatic carboxylic acids is 1. The number of aromatic hydroxyl groups is 1. The van der Waals surface area contributed by atoms with Crippen LogP contribution in [0.15, 0.2) is 24.3 Å². The van der Waals surface area contributed by atoms with Crippen molar-refractivity contribution in [3.63, 3.8) is 0 Å². The topological polar surface area (TPSA) is 254 Å². The van der Waals surface area contributed by atoms with E-state index in [2.05, 4.69) is 10.6 Å². The number of nitrogens with two attached hydrogens (primary N) is 2. The van der Waals surface area contributed by atoms with Gasteiger partial charge in [-0.05, 0) is 31.0 Å². The number of carbonyl (C=O) groups is 5. The number of nitrogens with one attached hydrogen (secondary N) is 3. The van der Waals surface area contributed by atoms with Crippen molar-refractivity contribution >= 4 is 29.6 Å². The van der Waals surface area contributed by atoms with Gasteiger partial charge in [-0.15, -0.1) is 0 Å².